The number of benzene rings is 2. The van der Waals surface area contributed by atoms with E-state index < -0.39 is 12.1 Å². The predicted octanol–water partition coefficient (Wildman–Crippen LogP) is 5.76. The number of carboxylic acid groups (broad SMARTS) is 1. The summed E-state index contributed by atoms with van der Waals surface area (Å²) in [5.74, 6) is 2.44. The highest BCUT2D eigenvalue weighted by atomic mass is 16.5. The maximum absolute atomic E-state index is 10.9. The van der Waals surface area contributed by atoms with Gasteiger partial charge in [-0.1, -0.05) is 12.1 Å². The van der Waals surface area contributed by atoms with E-state index in [1.165, 1.54) is 51.0 Å². The fraction of sp³-hybridized carbons (Fsp3) is 0.462. The summed E-state index contributed by atoms with van der Waals surface area (Å²) in [6.45, 7) is 1.52. The lowest BCUT2D eigenvalue weighted by Gasteiger charge is -2.57. The van der Waals surface area contributed by atoms with E-state index in [4.69, 9.17) is 9.84 Å². The fourth-order valence-electron chi connectivity index (χ4n) is 6.40. The maximum atomic E-state index is 10.9. The fourth-order valence-corrected chi connectivity index (χ4v) is 6.40. The van der Waals surface area contributed by atoms with E-state index in [2.05, 4.69) is 29.3 Å². The molecule has 4 fully saturated rings. The van der Waals surface area contributed by atoms with E-state index in [0.717, 1.165) is 29.0 Å². The summed E-state index contributed by atoms with van der Waals surface area (Å²) in [6, 6.07) is 16.2. The van der Waals surface area contributed by atoms with E-state index in [9.17, 15) is 4.79 Å². The number of carbonyl (C=O) groups is 1. The second kappa shape index (κ2) is 7.57. The van der Waals surface area contributed by atoms with Crippen molar-refractivity contribution in [1.82, 2.24) is 0 Å². The van der Waals surface area contributed by atoms with E-state index in [1.807, 2.05) is 18.3 Å². The molecule has 4 aliphatic rings. The van der Waals surface area contributed by atoms with E-state index >= 15 is 0 Å². The Hall–Kier alpha value is -2.62. The highest BCUT2D eigenvalue weighted by molar-refractivity contribution is 5.82. The molecule has 0 unspecified atom stereocenters. The highest BCUT2D eigenvalue weighted by Crippen LogP contribution is 2.60. The van der Waals surface area contributed by atoms with Crippen LogP contribution in [0, 0.1) is 17.8 Å². The van der Waals surface area contributed by atoms with Crippen LogP contribution in [0.25, 0.3) is 0 Å². The SMILES string of the molecule is C[C@@H](Oc1ccc(C=Nc2ccc(C34CC5CC(CC(C5)C3)C4)cc2)cc1)C(=O)O. The minimum absolute atomic E-state index is 0.430. The second-order valence-electron chi connectivity index (χ2n) is 9.67. The molecule has 0 aromatic heterocycles. The summed E-state index contributed by atoms with van der Waals surface area (Å²) in [5, 5.41) is 8.93. The summed E-state index contributed by atoms with van der Waals surface area (Å²) in [7, 11) is 0. The van der Waals surface area contributed by atoms with Crippen LogP contribution in [0.1, 0.15) is 56.6 Å². The highest BCUT2D eigenvalue weighted by Gasteiger charge is 2.51. The van der Waals surface area contributed by atoms with Crippen molar-refractivity contribution in [2.24, 2.45) is 22.7 Å². The van der Waals surface area contributed by atoms with E-state index in [1.54, 1.807) is 12.1 Å². The number of hydrogen-bond acceptors (Lipinski definition) is 3. The quantitative estimate of drug-likeness (QED) is 0.624. The Morgan fingerprint density at radius 2 is 1.57 bits per heavy atom. The van der Waals surface area contributed by atoms with Crippen LogP contribution in [0.5, 0.6) is 5.75 Å². The van der Waals surface area contributed by atoms with Gasteiger partial charge in [-0.25, -0.2) is 4.79 Å². The lowest BCUT2D eigenvalue weighted by atomic mass is 9.48. The van der Waals surface area contributed by atoms with E-state index in [-0.39, 0.29) is 0 Å². The van der Waals surface area contributed by atoms with Gasteiger partial charge in [-0.2, -0.15) is 0 Å². The predicted molar refractivity (Wildman–Crippen MR) is 118 cm³/mol. The number of aliphatic imine (C=N–C) groups is 1. The van der Waals surface area contributed by atoms with Crippen molar-refractivity contribution in [3.8, 4) is 5.75 Å². The normalized spacial score (nSPS) is 30.5. The first kappa shape index (κ1) is 19.3. The third-order valence-electron chi connectivity index (χ3n) is 7.42. The Balaban J connectivity index is 1.25. The number of rotatable bonds is 6. The molecule has 0 spiro atoms. The Morgan fingerprint density at radius 3 is 2.10 bits per heavy atom. The van der Waals surface area contributed by atoms with Gasteiger partial charge in [0.25, 0.3) is 0 Å². The first-order chi connectivity index (χ1) is 14.5. The zero-order chi connectivity index (χ0) is 20.7. The molecule has 0 radical (unpaired) electrons. The molecule has 2 aromatic carbocycles. The van der Waals surface area contributed by atoms with Gasteiger partial charge >= 0.3 is 5.97 Å². The standard InChI is InChI=1S/C26H29NO3/c1-17(25(28)29)30-24-8-2-18(3-9-24)16-27-23-6-4-22(5-7-23)26-13-19-10-20(14-26)12-21(11-19)15-26/h2-9,16-17,19-21H,10-15H2,1H3,(H,28,29)/t17-,19?,20?,21?,26?/m1/s1. The minimum Gasteiger partial charge on any atom is -0.479 e. The van der Waals surface area contributed by atoms with Crippen LogP contribution >= 0.6 is 0 Å². The van der Waals surface area contributed by atoms with Gasteiger partial charge in [0.15, 0.2) is 6.10 Å². The molecule has 4 heteroatoms. The van der Waals surface area contributed by atoms with Gasteiger partial charge in [-0.15, -0.1) is 0 Å². The Morgan fingerprint density at radius 1 is 1.00 bits per heavy atom. The lowest BCUT2D eigenvalue weighted by molar-refractivity contribution is -0.144. The zero-order valence-electron chi connectivity index (χ0n) is 17.5. The zero-order valence-corrected chi connectivity index (χ0v) is 17.5. The molecule has 1 N–H and O–H groups in total. The number of carboxylic acids is 1. The molecule has 6 rings (SSSR count). The first-order valence-electron chi connectivity index (χ1n) is 11.1. The smallest absolute Gasteiger partial charge is 0.344 e. The van der Waals surface area contributed by atoms with Crippen LogP contribution in [-0.4, -0.2) is 23.4 Å². The summed E-state index contributed by atoms with van der Waals surface area (Å²) < 4.78 is 5.36. The van der Waals surface area contributed by atoms with Crippen LogP contribution in [0.15, 0.2) is 53.5 Å². The summed E-state index contributed by atoms with van der Waals surface area (Å²) in [6.07, 6.45) is 9.55. The molecule has 1 atom stereocenters. The van der Waals surface area contributed by atoms with Crippen LogP contribution in [-0.2, 0) is 10.2 Å². The van der Waals surface area contributed by atoms with Crippen LogP contribution in [0.2, 0.25) is 0 Å². The number of ether oxygens (including phenoxy) is 1. The molecule has 4 aliphatic carbocycles. The third kappa shape index (κ3) is 3.76. The molecule has 4 saturated carbocycles. The van der Waals surface area contributed by atoms with Crippen molar-refractivity contribution in [3.05, 3.63) is 59.7 Å². The van der Waals surface area contributed by atoms with Crippen molar-refractivity contribution in [2.75, 3.05) is 0 Å². The average Bonchev–Trinajstić information content (AvgIpc) is 2.72. The van der Waals surface area contributed by atoms with E-state index in [0.29, 0.717) is 11.2 Å². The van der Waals surface area contributed by atoms with Gasteiger partial charge in [0.1, 0.15) is 5.75 Å². The summed E-state index contributed by atoms with van der Waals surface area (Å²) in [5.41, 5.74) is 3.87. The largest absolute Gasteiger partial charge is 0.479 e. The monoisotopic (exact) mass is 403 g/mol. The molecule has 2 aromatic rings. The molecule has 4 nitrogen and oxygen atoms in total. The van der Waals surface area contributed by atoms with Crippen molar-refractivity contribution in [1.29, 1.82) is 0 Å². The van der Waals surface area contributed by atoms with Gasteiger partial charge in [-0.05, 0) is 116 Å². The van der Waals surface area contributed by atoms with Gasteiger partial charge in [0, 0.05) is 6.21 Å². The van der Waals surface area contributed by atoms with Crippen molar-refractivity contribution in [2.45, 2.75) is 57.0 Å². The van der Waals surface area contributed by atoms with Gasteiger partial charge in [0.2, 0.25) is 0 Å². The van der Waals surface area contributed by atoms with Gasteiger partial charge in [0.05, 0.1) is 5.69 Å². The molecule has 156 valence electrons. The molecule has 0 heterocycles. The molecule has 4 bridgehead atoms. The maximum Gasteiger partial charge on any atom is 0.344 e. The summed E-state index contributed by atoms with van der Waals surface area (Å²) in [4.78, 5) is 15.5. The van der Waals surface area contributed by atoms with Crippen molar-refractivity contribution in [3.63, 3.8) is 0 Å². The van der Waals surface area contributed by atoms with Crippen molar-refractivity contribution >= 4 is 17.9 Å². The Kier molecular flexibility index (Phi) is 4.88. The third-order valence-corrected chi connectivity index (χ3v) is 7.42. The first-order valence-corrected chi connectivity index (χ1v) is 11.1. The van der Waals surface area contributed by atoms with Crippen LogP contribution in [0.4, 0.5) is 5.69 Å². The van der Waals surface area contributed by atoms with Crippen LogP contribution < -0.4 is 4.74 Å². The number of aliphatic carboxylic acids is 1. The number of hydrogen-bond donors (Lipinski definition) is 1. The number of nitrogens with zero attached hydrogens (tertiary/aromatic N) is 1. The topological polar surface area (TPSA) is 58.9 Å². The van der Waals surface area contributed by atoms with Crippen LogP contribution in [0.3, 0.4) is 0 Å². The molecule has 0 saturated heterocycles. The van der Waals surface area contributed by atoms with Crippen molar-refractivity contribution < 1.29 is 14.6 Å². The average molecular weight is 404 g/mol. The Labute approximate surface area is 178 Å². The molecular weight excluding hydrogens is 374 g/mol. The second-order valence-corrected chi connectivity index (χ2v) is 9.67. The molecular formula is C26H29NO3. The van der Waals surface area contributed by atoms with Gasteiger partial charge in [-0.3, -0.25) is 4.99 Å². The summed E-state index contributed by atoms with van der Waals surface area (Å²) >= 11 is 0. The molecule has 0 amide bonds. The lowest BCUT2D eigenvalue weighted by Crippen LogP contribution is -2.48. The molecule has 0 aliphatic heterocycles. The Bertz CT molecular complexity index is 910. The molecule has 30 heavy (non-hydrogen) atoms. The minimum atomic E-state index is -0.974. The van der Waals surface area contributed by atoms with Gasteiger partial charge < -0.3 is 9.84 Å².